The first-order valence-electron chi connectivity index (χ1n) is 9.20. The van der Waals surface area contributed by atoms with Crippen molar-refractivity contribution in [1.82, 2.24) is 30.0 Å². The zero-order chi connectivity index (χ0) is 17.9. The van der Waals surface area contributed by atoms with E-state index < -0.39 is 0 Å². The van der Waals surface area contributed by atoms with Gasteiger partial charge < -0.3 is 10.1 Å². The van der Waals surface area contributed by atoms with Gasteiger partial charge in [-0.1, -0.05) is 0 Å². The highest BCUT2D eigenvalue weighted by atomic mass is 16.5. The predicted molar refractivity (Wildman–Crippen MR) is 100 cm³/mol. The maximum absolute atomic E-state index is 6.09. The lowest BCUT2D eigenvalue weighted by Crippen LogP contribution is -2.33. The Hall–Kier alpha value is -2.54. The molecule has 1 unspecified atom stereocenters. The van der Waals surface area contributed by atoms with Gasteiger partial charge in [0.25, 0.3) is 0 Å². The SMILES string of the molecule is CC(C)n1cc(-c2cc3nccnc3c(OCC3CCCNC3)n2)cn1. The molecular weight excluding hydrogens is 328 g/mol. The molecule has 0 bridgehead atoms. The molecule has 1 saturated heterocycles. The first kappa shape index (κ1) is 16.9. The first-order chi connectivity index (χ1) is 12.7. The Kier molecular flexibility index (Phi) is 4.79. The van der Waals surface area contributed by atoms with Crippen molar-refractivity contribution >= 4 is 11.0 Å². The van der Waals surface area contributed by atoms with Gasteiger partial charge in [-0.3, -0.25) is 9.67 Å². The standard InChI is InChI=1S/C19H24N6O/c1-13(2)25-11-15(10-23-25)16-8-17-18(22-7-6-21-17)19(24-16)26-12-14-4-3-5-20-9-14/h6-8,10-11,13-14,20H,3-5,9,12H2,1-2H3. The number of pyridine rings is 1. The van der Waals surface area contributed by atoms with E-state index in [0.29, 0.717) is 30.0 Å². The Morgan fingerprint density at radius 2 is 2.19 bits per heavy atom. The maximum Gasteiger partial charge on any atom is 0.242 e. The Labute approximate surface area is 152 Å². The zero-order valence-corrected chi connectivity index (χ0v) is 15.2. The summed E-state index contributed by atoms with van der Waals surface area (Å²) in [5, 5.41) is 7.83. The van der Waals surface area contributed by atoms with Gasteiger partial charge in [0.15, 0.2) is 5.52 Å². The lowest BCUT2D eigenvalue weighted by Gasteiger charge is -2.22. The minimum absolute atomic E-state index is 0.304. The third kappa shape index (κ3) is 3.53. The molecule has 0 amide bonds. The fraction of sp³-hybridized carbons (Fsp3) is 0.474. The minimum Gasteiger partial charge on any atom is -0.476 e. The summed E-state index contributed by atoms with van der Waals surface area (Å²) in [4.78, 5) is 13.6. The van der Waals surface area contributed by atoms with Crippen LogP contribution in [0.2, 0.25) is 0 Å². The van der Waals surface area contributed by atoms with Crippen molar-refractivity contribution in [3.63, 3.8) is 0 Å². The molecule has 7 nitrogen and oxygen atoms in total. The molecule has 0 radical (unpaired) electrons. The summed E-state index contributed by atoms with van der Waals surface area (Å²) < 4.78 is 8.02. The largest absolute Gasteiger partial charge is 0.476 e. The normalized spacial score (nSPS) is 17.7. The van der Waals surface area contributed by atoms with E-state index >= 15 is 0 Å². The molecule has 1 fully saturated rings. The molecule has 1 atom stereocenters. The summed E-state index contributed by atoms with van der Waals surface area (Å²) in [5.41, 5.74) is 3.25. The number of aromatic nitrogens is 5. The average Bonchev–Trinajstić information content (AvgIpc) is 3.17. The molecule has 1 N–H and O–H groups in total. The van der Waals surface area contributed by atoms with Gasteiger partial charge in [-0.2, -0.15) is 5.10 Å². The molecule has 3 aromatic rings. The molecule has 4 heterocycles. The van der Waals surface area contributed by atoms with E-state index in [2.05, 4.69) is 34.2 Å². The molecule has 0 spiro atoms. The van der Waals surface area contributed by atoms with Crippen LogP contribution < -0.4 is 10.1 Å². The number of hydrogen-bond acceptors (Lipinski definition) is 6. The number of rotatable bonds is 5. The highest BCUT2D eigenvalue weighted by Crippen LogP contribution is 2.27. The molecule has 1 aliphatic heterocycles. The quantitative estimate of drug-likeness (QED) is 0.761. The summed E-state index contributed by atoms with van der Waals surface area (Å²) >= 11 is 0. The third-order valence-electron chi connectivity index (χ3n) is 4.71. The number of ether oxygens (including phenoxy) is 1. The van der Waals surface area contributed by atoms with Crippen molar-refractivity contribution in [3.8, 4) is 17.1 Å². The summed E-state index contributed by atoms with van der Waals surface area (Å²) in [7, 11) is 0. The molecule has 3 aromatic heterocycles. The van der Waals surface area contributed by atoms with E-state index in [9.17, 15) is 0 Å². The first-order valence-corrected chi connectivity index (χ1v) is 9.20. The fourth-order valence-corrected chi connectivity index (χ4v) is 3.21. The molecule has 136 valence electrons. The molecule has 0 aliphatic carbocycles. The number of nitrogens with zero attached hydrogens (tertiary/aromatic N) is 5. The average molecular weight is 352 g/mol. The second kappa shape index (κ2) is 7.37. The zero-order valence-electron chi connectivity index (χ0n) is 15.2. The molecule has 4 rings (SSSR count). The van der Waals surface area contributed by atoms with Gasteiger partial charge in [-0.25, -0.2) is 9.97 Å². The fourth-order valence-electron chi connectivity index (χ4n) is 3.21. The monoisotopic (exact) mass is 352 g/mol. The predicted octanol–water partition coefficient (Wildman–Crippen LogP) is 2.85. The van der Waals surface area contributed by atoms with Crippen LogP contribution in [0.5, 0.6) is 5.88 Å². The van der Waals surface area contributed by atoms with Gasteiger partial charge in [-0.15, -0.1) is 0 Å². The topological polar surface area (TPSA) is 77.8 Å². The van der Waals surface area contributed by atoms with Gasteiger partial charge in [0, 0.05) is 42.7 Å². The summed E-state index contributed by atoms with van der Waals surface area (Å²) in [6.45, 7) is 6.93. The van der Waals surface area contributed by atoms with Crippen LogP contribution in [-0.4, -0.2) is 44.4 Å². The second-order valence-electron chi connectivity index (χ2n) is 7.06. The van der Waals surface area contributed by atoms with Crippen LogP contribution in [0.3, 0.4) is 0 Å². The van der Waals surface area contributed by atoms with Crippen molar-refractivity contribution in [3.05, 3.63) is 30.9 Å². The third-order valence-corrected chi connectivity index (χ3v) is 4.71. The summed E-state index contributed by atoms with van der Waals surface area (Å²) in [6, 6.07) is 2.25. The molecule has 1 aliphatic rings. The lowest BCUT2D eigenvalue weighted by atomic mass is 10.0. The van der Waals surface area contributed by atoms with Crippen molar-refractivity contribution in [2.45, 2.75) is 32.7 Å². The number of nitrogens with one attached hydrogen (secondary N) is 1. The molecular formula is C19H24N6O. The lowest BCUT2D eigenvalue weighted by molar-refractivity contribution is 0.214. The van der Waals surface area contributed by atoms with Gasteiger partial charge in [0.2, 0.25) is 5.88 Å². The molecule has 0 aromatic carbocycles. The molecule has 26 heavy (non-hydrogen) atoms. The van der Waals surface area contributed by atoms with Gasteiger partial charge in [-0.05, 0) is 39.3 Å². The van der Waals surface area contributed by atoms with Crippen LogP contribution in [-0.2, 0) is 0 Å². The van der Waals surface area contributed by atoms with E-state index in [1.807, 2.05) is 23.1 Å². The van der Waals surface area contributed by atoms with Crippen LogP contribution in [0.15, 0.2) is 30.9 Å². The molecule has 7 heteroatoms. The van der Waals surface area contributed by atoms with Crippen molar-refractivity contribution in [2.24, 2.45) is 5.92 Å². The smallest absolute Gasteiger partial charge is 0.242 e. The Morgan fingerprint density at radius 1 is 1.31 bits per heavy atom. The van der Waals surface area contributed by atoms with Crippen LogP contribution in [0.1, 0.15) is 32.7 Å². The van der Waals surface area contributed by atoms with Crippen molar-refractivity contribution in [2.75, 3.05) is 19.7 Å². The summed E-state index contributed by atoms with van der Waals surface area (Å²) in [5.74, 6) is 1.05. The van der Waals surface area contributed by atoms with Gasteiger partial charge in [0.1, 0.15) is 0 Å². The van der Waals surface area contributed by atoms with Crippen molar-refractivity contribution < 1.29 is 4.74 Å². The van der Waals surface area contributed by atoms with Crippen LogP contribution in [0.4, 0.5) is 0 Å². The van der Waals surface area contributed by atoms with Crippen molar-refractivity contribution in [1.29, 1.82) is 0 Å². The summed E-state index contributed by atoms with van der Waals surface area (Å²) in [6.07, 6.45) is 9.57. The van der Waals surface area contributed by atoms with Crippen LogP contribution in [0, 0.1) is 5.92 Å². The Balaban J connectivity index is 1.65. The van der Waals surface area contributed by atoms with E-state index in [4.69, 9.17) is 9.72 Å². The Bertz CT molecular complexity index is 885. The second-order valence-corrected chi connectivity index (χ2v) is 7.06. The van der Waals surface area contributed by atoms with E-state index in [0.717, 1.165) is 29.9 Å². The van der Waals surface area contributed by atoms with Crippen LogP contribution >= 0.6 is 0 Å². The number of fused-ring (bicyclic) bond motifs is 1. The van der Waals surface area contributed by atoms with E-state index in [1.54, 1.807) is 12.4 Å². The highest BCUT2D eigenvalue weighted by molar-refractivity contribution is 5.83. The minimum atomic E-state index is 0.304. The van der Waals surface area contributed by atoms with Gasteiger partial charge >= 0.3 is 0 Å². The Morgan fingerprint density at radius 3 is 2.96 bits per heavy atom. The number of hydrogen-bond donors (Lipinski definition) is 1. The van der Waals surface area contributed by atoms with E-state index in [1.165, 1.54) is 12.8 Å². The van der Waals surface area contributed by atoms with Crippen LogP contribution in [0.25, 0.3) is 22.3 Å². The number of piperidine rings is 1. The molecule has 0 saturated carbocycles. The van der Waals surface area contributed by atoms with E-state index in [-0.39, 0.29) is 0 Å². The van der Waals surface area contributed by atoms with Gasteiger partial charge in [0.05, 0.1) is 24.0 Å². The highest BCUT2D eigenvalue weighted by Gasteiger charge is 2.17. The maximum atomic E-state index is 6.09.